The number of aryl methyl sites for hydroxylation is 1. The number of thiophene rings is 1. The molecule has 2 fully saturated rings. The molecule has 0 aliphatic carbocycles. The Morgan fingerprint density at radius 2 is 2.16 bits per heavy atom. The van der Waals surface area contributed by atoms with E-state index >= 15 is 0 Å². The molecule has 2 aliphatic rings. The monoisotopic (exact) mass is 364 g/mol. The number of hydrogen-bond donors (Lipinski definition) is 1. The van der Waals surface area contributed by atoms with Gasteiger partial charge in [0.05, 0.1) is 11.0 Å². The normalized spacial score (nSPS) is 23.8. The summed E-state index contributed by atoms with van der Waals surface area (Å²) in [5, 5.41) is 2.88. The predicted octanol–water partition coefficient (Wildman–Crippen LogP) is 1.77. The molecular weight excluding hydrogens is 340 g/mol. The lowest BCUT2D eigenvalue weighted by Crippen LogP contribution is -2.52. The van der Waals surface area contributed by atoms with Crippen LogP contribution in [0.5, 0.6) is 0 Å². The number of carbonyl (C=O) groups is 3. The van der Waals surface area contributed by atoms with E-state index in [1.54, 1.807) is 11.0 Å². The van der Waals surface area contributed by atoms with Gasteiger partial charge in [0.2, 0.25) is 5.91 Å². The van der Waals surface area contributed by atoms with Crippen molar-refractivity contribution in [2.24, 2.45) is 5.92 Å². The molecule has 0 spiro atoms. The van der Waals surface area contributed by atoms with Crippen LogP contribution >= 0.6 is 11.3 Å². The molecule has 0 saturated carbocycles. The summed E-state index contributed by atoms with van der Waals surface area (Å²) in [5.74, 6) is -0.212. The maximum atomic E-state index is 13.0. The van der Waals surface area contributed by atoms with Gasteiger partial charge in [-0.1, -0.05) is 13.8 Å². The summed E-state index contributed by atoms with van der Waals surface area (Å²) in [5.41, 5.74) is 0. The lowest BCUT2D eigenvalue weighted by Gasteiger charge is -2.28. The Labute approximate surface area is 151 Å². The zero-order valence-corrected chi connectivity index (χ0v) is 15.6. The average molecular weight is 364 g/mol. The number of rotatable bonds is 5. The van der Waals surface area contributed by atoms with Crippen LogP contribution in [0, 0.1) is 12.8 Å². The molecule has 2 aliphatic heterocycles. The molecule has 1 aromatic heterocycles. The molecule has 1 aromatic rings. The standard InChI is InChI=1S/C18H24N2O4S/c1-10(2)8-12(19-17(22)15-5-4-11(3)25-15)18(23)20-7-6-14-16(20)13(21)9-24-14/h4-5,10,12,14,16H,6-9H2,1-3H3,(H,19,22)/t12-,14+,16+/m0/s1. The van der Waals surface area contributed by atoms with E-state index in [1.165, 1.54) is 11.3 Å². The lowest BCUT2D eigenvalue weighted by atomic mass is 10.0. The molecular formula is C18H24N2O4S. The number of hydrogen-bond acceptors (Lipinski definition) is 5. The Morgan fingerprint density at radius 3 is 2.80 bits per heavy atom. The zero-order chi connectivity index (χ0) is 18.1. The highest BCUT2D eigenvalue weighted by Crippen LogP contribution is 2.28. The summed E-state index contributed by atoms with van der Waals surface area (Å²) in [6, 6.07) is 2.55. The van der Waals surface area contributed by atoms with Crippen LogP contribution in [0.25, 0.3) is 0 Å². The van der Waals surface area contributed by atoms with E-state index in [0.717, 1.165) is 4.88 Å². The molecule has 0 aromatic carbocycles. The molecule has 6 nitrogen and oxygen atoms in total. The van der Waals surface area contributed by atoms with Crippen molar-refractivity contribution in [2.45, 2.75) is 51.8 Å². The maximum absolute atomic E-state index is 13.0. The third-order valence-corrected chi connectivity index (χ3v) is 5.67. The quantitative estimate of drug-likeness (QED) is 0.864. The van der Waals surface area contributed by atoms with Crippen LogP contribution in [0.1, 0.15) is 41.2 Å². The minimum absolute atomic E-state index is 0.0423. The van der Waals surface area contributed by atoms with Gasteiger partial charge in [-0.05, 0) is 37.8 Å². The summed E-state index contributed by atoms with van der Waals surface area (Å²) in [4.78, 5) is 40.9. The largest absolute Gasteiger partial charge is 0.368 e. The molecule has 25 heavy (non-hydrogen) atoms. The lowest BCUT2D eigenvalue weighted by molar-refractivity contribution is -0.138. The van der Waals surface area contributed by atoms with Crippen molar-refractivity contribution < 1.29 is 19.1 Å². The van der Waals surface area contributed by atoms with Gasteiger partial charge in [-0.25, -0.2) is 0 Å². The summed E-state index contributed by atoms with van der Waals surface area (Å²) < 4.78 is 5.45. The van der Waals surface area contributed by atoms with E-state index in [0.29, 0.717) is 24.3 Å². The van der Waals surface area contributed by atoms with Crippen LogP contribution in [0.15, 0.2) is 12.1 Å². The number of fused-ring (bicyclic) bond motifs is 1. The first kappa shape index (κ1) is 18.1. The average Bonchev–Trinajstić information content (AvgIpc) is 3.24. The second-order valence-electron chi connectivity index (χ2n) is 7.15. The minimum Gasteiger partial charge on any atom is -0.368 e. The van der Waals surface area contributed by atoms with Gasteiger partial charge >= 0.3 is 0 Å². The number of ketones is 1. The smallest absolute Gasteiger partial charge is 0.262 e. The number of amides is 2. The molecule has 0 bridgehead atoms. The Bertz CT molecular complexity index is 684. The molecule has 3 atom stereocenters. The predicted molar refractivity (Wildman–Crippen MR) is 94.6 cm³/mol. The highest BCUT2D eigenvalue weighted by atomic mass is 32.1. The van der Waals surface area contributed by atoms with Crippen LogP contribution in [-0.2, 0) is 14.3 Å². The van der Waals surface area contributed by atoms with Crippen molar-refractivity contribution in [1.82, 2.24) is 10.2 Å². The topological polar surface area (TPSA) is 75.7 Å². The SMILES string of the molecule is Cc1ccc(C(=O)N[C@@H](CC(C)C)C(=O)N2CC[C@H]3OCC(=O)[C@H]32)s1. The van der Waals surface area contributed by atoms with Gasteiger partial charge < -0.3 is 15.0 Å². The Morgan fingerprint density at radius 1 is 1.40 bits per heavy atom. The van der Waals surface area contributed by atoms with Crippen molar-refractivity contribution in [3.05, 3.63) is 21.9 Å². The van der Waals surface area contributed by atoms with E-state index in [1.807, 2.05) is 26.8 Å². The molecule has 0 radical (unpaired) electrons. The number of Topliss-reactive ketones (excluding diaryl/α,β-unsaturated/α-hetero) is 1. The summed E-state index contributed by atoms with van der Waals surface area (Å²) in [6.45, 7) is 6.54. The van der Waals surface area contributed by atoms with Crippen molar-refractivity contribution in [3.8, 4) is 0 Å². The molecule has 2 amide bonds. The number of ether oxygens (including phenoxy) is 1. The van der Waals surface area contributed by atoms with Crippen molar-refractivity contribution in [3.63, 3.8) is 0 Å². The molecule has 2 saturated heterocycles. The Balaban J connectivity index is 1.74. The first-order chi connectivity index (χ1) is 11.9. The minimum atomic E-state index is -0.623. The van der Waals surface area contributed by atoms with E-state index < -0.39 is 12.1 Å². The Kier molecular flexibility index (Phi) is 5.24. The fraction of sp³-hybridized carbons (Fsp3) is 0.611. The number of carbonyl (C=O) groups excluding carboxylic acids is 3. The molecule has 1 N–H and O–H groups in total. The van der Waals surface area contributed by atoms with Crippen LogP contribution in [0.4, 0.5) is 0 Å². The van der Waals surface area contributed by atoms with Gasteiger partial charge in [-0.15, -0.1) is 11.3 Å². The van der Waals surface area contributed by atoms with Gasteiger partial charge in [-0.3, -0.25) is 14.4 Å². The van der Waals surface area contributed by atoms with Crippen molar-refractivity contribution in [1.29, 1.82) is 0 Å². The van der Waals surface area contributed by atoms with Crippen molar-refractivity contribution >= 4 is 28.9 Å². The first-order valence-corrected chi connectivity index (χ1v) is 9.50. The molecule has 3 heterocycles. The number of nitrogens with one attached hydrogen (secondary N) is 1. The van der Waals surface area contributed by atoms with Crippen molar-refractivity contribution in [2.75, 3.05) is 13.2 Å². The van der Waals surface area contributed by atoms with Gasteiger partial charge in [0.1, 0.15) is 18.7 Å². The molecule has 3 rings (SSSR count). The fourth-order valence-electron chi connectivity index (χ4n) is 3.52. The fourth-order valence-corrected chi connectivity index (χ4v) is 4.29. The highest BCUT2D eigenvalue weighted by Gasteiger charge is 2.48. The third-order valence-electron chi connectivity index (χ3n) is 4.67. The summed E-state index contributed by atoms with van der Waals surface area (Å²) >= 11 is 1.41. The maximum Gasteiger partial charge on any atom is 0.262 e. The number of nitrogens with zero attached hydrogens (tertiary/aromatic N) is 1. The van der Waals surface area contributed by atoms with Crippen LogP contribution in [0.2, 0.25) is 0 Å². The van der Waals surface area contributed by atoms with Crippen LogP contribution in [0.3, 0.4) is 0 Å². The van der Waals surface area contributed by atoms with Gasteiger partial charge in [0, 0.05) is 11.4 Å². The molecule has 0 unspecified atom stereocenters. The highest BCUT2D eigenvalue weighted by molar-refractivity contribution is 7.13. The zero-order valence-electron chi connectivity index (χ0n) is 14.8. The van der Waals surface area contributed by atoms with Crippen LogP contribution in [-0.4, -0.2) is 53.8 Å². The second kappa shape index (κ2) is 7.25. The second-order valence-corrected chi connectivity index (χ2v) is 8.43. The van der Waals surface area contributed by atoms with E-state index in [9.17, 15) is 14.4 Å². The first-order valence-electron chi connectivity index (χ1n) is 8.69. The molecule has 7 heteroatoms. The van der Waals surface area contributed by atoms with E-state index in [-0.39, 0.29) is 36.2 Å². The Hall–Kier alpha value is -1.73. The van der Waals surface area contributed by atoms with Crippen LogP contribution < -0.4 is 5.32 Å². The van der Waals surface area contributed by atoms with Gasteiger partial charge in [-0.2, -0.15) is 0 Å². The summed E-state index contributed by atoms with van der Waals surface area (Å²) in [7, 11) is 0. The van der Waals surface area contributed by atoms with E-state index in [4.69, 9.17) is 4.74 Å². The summed E-state index contributed by atoms with van der Waals surface area (Å²) in [6.07, 6.45) is 1.03. The molecule has 136 valence electrons. The van der Waals surface area contributed by atoms with Gasteiger partial charge in [0.25, 0.3) is 5.91 Å². The van der Waals surface area contributed by atoms with Gasteiger partial charge in [0.15, 0.2) is 5.78 Å². The van der Waals surface area contributed by atoms with E-state index in [2.05, 4.69) is 5.32 Å². The number of likely N-dealkylation sites (tertiary alicyclic amines) is 1. The third kappa shape index (κ3) is 3.77.